The van der Waals surface area contributed by atoms with Crippen molar-refractivity contribution in [2.24, 2.45) is 11.7 Å². The summed E-state index contributed by atoms with van der Waals surface area (Å²) in [6.07, 6.45) is 6.42. The molecule has 88 valence electrons. The number of aromatic nitrogens is 2. The Bertz CT molecular complexity index is 518. The molecule has 2 aromatic heterocycles. The number of rotatable bonds is 3. The van der Waals surface area contributed by atoms with Crippen molar-refractivity contribution in [3.63, 3.8) is 0 Å². The van der Waals surface area contributed by atoms with Gasteiger partial charge in [0.1, 0.15) is 0 Å². The number of hydrogen-bond acceptors (Lipinski definition) is 3. The quantitative estimate of drug-likeness (QED) is 0.875. The van der Waals surface area contributed by atoms with E-state index in [2.05, 4.69) is 22.1 Å². The molecule has 1 saturated carbocycles. The normalized spacial score (nSPS) is 23.6. The largest absolute Gasteiger partial charge is 0.328 e. The predicted octanol–water partition coefficient (Wildman–Crippen LogP) is 2.30. The summed E-state index contributed by atoms with van der Waals surface area (Å²) in [7, 11) is 0. The monoisotopic (exact) mass is 227 g/mol. The van der Waals surface area contributed by atoms with E-state index in [1.165, 1.54) is 19.3 Å². The molecule has 3 nitrogen and oxygen atoms in total. The first-order valence-electron chi connectivity index (χ1n) is 6.27. The Kier molecular flexibility index (Phi) is 2.77. The lowest BCUT2D eigenvalue weighted by Crippen LogP contribution is -2.36. The van der Waals surface area contributed by atoms with E-state index in [4.69, 9.17) is 5.73 Å². The number of nitrogens with two attached hydrogens (primary N) is 1. The van der Waals surface area contributed by atoms with Gasteiger partial charge in [-0.3, -0.25) is 0 Å². The molecule has 0 saturated heterocycles. The summed E-state index contributed by atoms with van der Waals surface area (Å²) in [5.74, 6) is 0.811. The maximum atomic E-state index is 5.79. The van der Waals surface area contributed by atoms with Crippen LogP contribution >= 0.6 is 0 Å². The second kappa shape index (κ2) is 4.41. The minimum Gasteiger partial charge on any atom is -0.328 e. The first-order chi connectivity index (χ1) is 8.31. The molecule has 1 fully saturated rings. The lowest BCUT2D eigenvalue weighted by atomic mass is 9.78. The number of nitrogens with zero attached hydrogens (tertiary/aromatic N) is 2. The molecule has 17 heavy (non-hydrogen) atoms. The van der Waals surface area contributed by atoms with Gasteiger partial charge >= 0.3 is 0 Å². The first kappa shape index (κ1) is 10.7. The third-order valence-corrected chi connectivity index (χ3v) is 3.60. The van der Waals surface area contributed by atoms with E-state index in [0.29, 0.717) is 6.04 Å². The van der Waals surface area contributed by atoms with Gasteiger partial charge in [0.05, 0.1) is 0 Å². The van der Waals surface area contributed by atoms with Crippen molar-refractivity contribution in [1.29, 1.82) is 0 Å². The van der Waals surface area contributed by atoms with Crippen LogP contribution in [-0.4, -0.2) is 16.0 Å². The molecule has 2 N–H and O–H groups in total. The lowest BCUT2D eigenvalue weighted by molar-refractivity contribution is 0.250. The van der Waals surface area contributed by atoms with Crippen molar-refractivity contribution >= 4 is 11.0 Å². The van der Waals surface area contributed by atoms with Crippen LogP contribution in [0.15, 0.2) is 30.5 Å². The Morgan fingerprint density at radius 2 is 2.12 bits per heavy atom. The van der Waals surface area contributed by atoms with E-state index >= 15 is 0 Å². The SMILES string of the molecule is NC1CC(CCc2ccc3cccnc3n2)C1. The summed E-state index contributed by atoms with van der Waals surface area (Å²) in [5.41, 5.74) is 7.79. The maximum absolute atomic E-state index is 5.79. The van der Waals surface area contributed by atoms with Gasteiger partial charge in [-0.15, -0.1) is 0 Å². The molecule has 1 aliphatic carbocycles. The summed E-state index contributed by atoms with van der Waals surface area (Å²) < 4.78 is 0. The average Bonchev–Trinajstić information content (AvgIpc) is 2.33. The van der Waals surface area contributed by atoms with Crippen molar-refractivity contribution in [3.8, 4) is 0 Å². The lowest BCUT2D eigenvalue weighted by Gasteiger charge is -2.32. The summed E-state index contributed by atoms with van der Waals surface area (Å²) in [4.78, 5) is 8.87. The van der Waals surface area contributed by atoms with Crippen LogP contribution in [0.2, 0.25) is 0 Å². The highest BCUT2D eigenvalue weighted by atomic mass is 14.8. The second-order valence-electron chi connectivity index (χ2n) is 4.99. The molecular formula is C14H17N3. The molecule has 0 aromatic carbocycles. The van der Waals surface area contributed by atoms with E-state index in [-0.39, 0.29) is 0 Å². The number of hydrogen-bond donors (Lipinski definition) is 1. The summed E-state index contributed by atoms with van der Waals surface area (Å²) in [6, 6.07) is 8.66. The molecule has 2 aromatic rings. The zero-order valence-corrected chi connectivity index (χ0v) is 9.84. The Balaban J connectivity index is 1.68. The molecular weight excluding hydrogens is 210 g/mol. The third kappa shape index (κ3) is 2.29. The van der Waals surface area contributed by atoms with E-state index in [0.717, 1.165) is 29.1 Å². The van der Waals surface area contributed by atoms with Crippen LogP contribution in [-0.2, 0) is 6.42 Å². The van der Waals surface area contributed by atoms with E-state index < -0.39 is 0 Å². The van der Waals surface area contributed by atoms with Crippen molar-refractivity contribution in [3.05, 3.63) is 36.2 Å². The molecule has 0 radical (unpaired) electrons. The molecule has 0 aliphatic heterocycles. The molecule has 0 amide bonds. The van der Waals surface area contributed by atoms with Crippen molar-refractivity contribution < 1.29 is 0 Å². The van der Waals surface area contributed by atoms with Gasteiger partial charge in [0.2, 0.25) is 0 Å². The molecule has 0 atom stereocenters. The third-order valence-electron chi connectivity index (χ3n) is 3.60. The van der Waals surface area contributed by atoms with Gasteiger partial charge < -0.3 is 5.73 Å². The molecule has 3 rings (SSSR count). The first-order valence-corrected chi connectivity index (χ1v) is 6.27. The summed E-state index contributed by atoms with van der Waals surface area (Å²) >= 11 is 0. The Morgan fingerprint density at radius 1 is 1.24 bits per heavy atom. The zero-order valence-electron chi connectivity index (χ0n) is 9.84. The van der Waals surface area contributed by atoms with E-state index in [1.807, 2.05) is 12.1 Å². The Morgan fingerprint density at radius 3 is 2.94 bits per heavy atom. The minimum atomic E-state index is 0.450. The van der Waals surface area contributed by atoms with Crippen LogP contribution in [0, 0.1) is 5.92 Å². The fraction of sp³-hybridized carbons (Fsp3) is 0.429. The van der Waals surface area contributed by atoms with Gasteiger partial charge in [0.25, 0.3) is 0 Å². The molecule has 0 unspecified atom stereocenters. The zero-order chi connectivity index (χ0) is 11.7. The van der Waals surface area contributed by atoms with Crippen LogP contribution in [0.3, 0.4) is 0 Å². The fourth-order valence-corrected chi connectivity index (χ4v) is 2.51. The minimum absolute atomic E-state index is 0.450. The Labute approximate surface area is 101 Å². The highest BCUT2D eigenvalue weighted by Gasteiger charge is 2.25. The van der Waals surface area contributed by atoms with Crippen molar-refractivity contribution in [1.82, 2.24) is 9.97 Å². The standard InChI is InChI=1S/C14H17N3/c15-12-8-10(9-12)3-5-13-6-4-11-2-1-7-16-14(11)17-13/h1-2,4,6-7,10,12H,3,5,8-9,15H2. The van der Waals surface area contributed by atoms with Gasteiger partial charge in [0, 0.05) is 23.3 Å². The fourth-order valence-electron chi connectivity index (χ4n) is 2.51. The number of pyridine rings is 2. The highest BCUT2D eigenvalue weighted by Crippen LogP contribution is 2.29. The smallest absolute Gasteiger partial charge is 0.159 e. The van der Waals surface area contributed by atoms with Crippen LogP contribution in [0.4, 0.5) is 0 Å². The van der Waals surface area contributed by atoms with E-state index in [9.17, 15) is 0 Å². The van der Waals surface area contributed by atoms with Gasteiger partial charge in [-0.05, 0) is 55.9 Å². The topological polar surface area (TPSA) is 51.8 Å². The van der Waals surface area contributed by atoms with Crippen LogP contribution < -0.4 is 5.73 Å². The molecule has 0 spiro atoms. The molecule has 3 heteroatoms. The number of aryl methyl sites for hydroxylation is 1. The van der Waals surface area contributed by atoms with E-state index in [1.54, 1.807) is 6.20 Å². The highest BCUT2D eigenvalue weighted by molar-refractivity contribution is 5.74. The summed E-state index contributed by atoms with van der Waals surface area (Å²) in [6.45, 7) is 0. The van der Waals surface area contributed by atoms with Crippen LogP contribution in [0.1, 0.15) is 25.0 Å². The molecule has 0 bridgehead atoms. The van der Waals surface area contributed by atoms with Gasteiger partial charge in [-0.25, -0.2) is 9.97 Å². The van der Waals surface area contributed by atoms with Crippen molar-refractivity contribution in [2.45, 2.75) is 31.7 Å². The predicted molar refractivity (Wildman–Crippen MR) is 68.6 cm³/mol. The van der Waals surface area contributed by atoms with Crippen LogP contribution in [0.25, 0.3) is 11.0 Å². The second-order valence-corrected chi connectivity index (χ2v) is 4.99. The average molecular weight is 227 g/mol. The van der Waals surface area contributed by atoms with Crippen LogP contribution in [0.5, 0.6) is 0 Å². The maximum Gasteiger partial charge on any atom is 0.159 e. The van der Waals surface area contributed by atoms with Gasteiger partial charge in [0.15, 0.2) is 5.65 Å². The molecule has 2 heterocycles. The van der Waals surface area contributed by atoms with Gasteiger partial charge in [-0.1, -0.05) is 0 Å². The number of fused-ring (bicyclic) bond motifs is 1. The van der Waals surface area contributed by atoms with Gasteiger partial charge in [-0.2, -0.15) is 0 Å². The van der Waals surface area contributed by atoms with Crippen molar-refractivity contribution in [2.75, 3.05) is 0 Å². The molecule has 1 aliphatic rings. The summed E-state index contributed by atoms with van der Waals surface area (Å²) in [5, 5.41) is 1.11. The Hall–Kier alpha value is -1.48.